The third-order valence-electron chi connectivity index (χ3n) is 4.28. The van der Waals surface area contributed by atoms with Gasteiger partial charge in [0.15, 0.2) is 5.69 Å². The highest BCUT2D eigenvalue weighted by Crippen LogP contribution is 2.16. The van der Waals surface area contributed by atoms with E-state index < -0.39 is 0 Å². The number of benzene rings is 1. The van der Waals surface area contributed by atoms with Gasteiger partial charge < -0.3 is 15.0 Å². The summed E-state index contributed by atoms with van der Waals surface area (Å²) in [5.74, 6) is 0.742. The zero-order chi connectivity index (χ0) is 17.1. The molecule has 1 fully saturated rings. The van der Waals surface area contributed by atoms with E-state index in [0.29, 0.717) is 12.2 Å². The average molecular weight is 337 g/mol. The number of amides is 1. The standard InChI is InChI=1S/C18H19N5O2/c24-18(17-14-3-1-2-4-15(14)21-22-17)20-12-13-5-6-16(19-11-13)23-7-9-25-10-8-23/h1-6,11H,7-10,12H2,(H,20,24)(H,21,22). The molecule has 1 amide bonds. The maximum atomic E-state index is 12.4. The number of morpholine rings is 1. The van der Waals surface area contributed by atoms with Crippen molar-refractivity contribution >= 4 is 22.6 Å². The molecule has 1 aliphatic rings. The molecule has 1 aromatic carbocycles. The summed E-state index contributed by atoms with van der Waals surface area (Å²) in [4.78, 5) is 19.1. The molecule has 128 valence electrons. The Kier molecular flexibility index (Phi) is 4.30. The number of anilines is 1. The Bertz CT molecular complexity index is 869. The number of hydrogen-bond acceptors (Lipinski definition) is 5. The van der Waals surface area contributed by atoms with E-state index in [-0.39, 0.29) is 5.91 Å². The van der Waals surface area contributed by atoms with E-state index in [1.807, 2.05) is 36.4 Å². The zero-order valence-corrected chi connectivity index (χ0v) is 13.7. The Morgan fingerprint density at radius 1 is 1.20 bits per heavy atom. The van der Waals surface area contributed by atoms with Gasteiger partial charge >= 0.3 is 0 Å². The molecule has 25 heavy (non-hydrogen) atoms. The molecule has 0 radical (unpaired) electrons. The van der Waals surface area contributed by atoms with Gasteiger partial charge in [-0.1, -0.05) is 24.3 Å². The quantitative estimate of drug-likeness (QED) is 0.757. The number of H-pyrrole nitrogens is 1. The summed E-state index contributed by atoms with van der Waals surface area (Å²) in [5, 5.41) is 10.7. The molecule has 1 saturated heterocycles. The first kappa shape index (κ1) is 15.6. The largest absolute Gasteiger partial charge is 0.378 e. The molecule has 3 heterocycles. The summed E-state index contributed by atoms with van der Waals surface area (Å²) in [5.41, 5.74) is 2.21. The fraction of sp³-hybridized carbons (Fsp3) is 0.278. The van der Waals surface area contributed by atoms with Crippen molar-refractivity contribution in [2.45, 2.75) is 6.54 Å². The van der Waals surface area contributed by atoms with E-state index in [1.54, 1.807) is 6.20 Å². The van der Waals surface area contributed by atoms with Crippen LogP contribution in [0.4, 0.5) is 5.82 Å². The highest BCUT2D eigenvalue weighted by atomic mass is 16.5. The lowest BCUT2D eigenvalue weighted by Crippen LogP contribution is -2.36. The van der Waals surface area contributed by atoms with Crippen molar-refractivity contribution in [2.24, 2.45) is 0 Å². The van der Waals surface area contributed by atoms with Crippen molar-refractivity contribution in [1.29, 1.82) is 0 Å². The van der Waals surface area contributed by atoms with Crippen molar-refractivity contribution in [3.8, 4) is 0 Å². The molecule has 2 N–H and O–H groups in total. The lowest BCUT2D eigenvalue weighted by molar-refractivity contribution is 0.0947. The number of para-hydroxylation sites is 1. The molecular formula is C18H19N5O2. The number of pyridine rings is 1. The van der Waals surface area contributed by atoms with E-state index in [2.05, 4.69) is 25.4 Å². The number of carbonyl (C=O) groups excluding carboxylic acids is 1. The number of carbonyl (C=O) groups is 1. The van der Waals surface area contributed by atoms with Gasteiger partial charge in [0.05, 0.1) is 18.7 Å². The number of nitrogens with one attached hydrogen (secondary N) is 2. The summed E-state index contributed by atoms with van der Waals surface area (Å²) < 4.78 is 5.35. The number of nitrogens with zero attached hydrogens (tertiary/aromatic N) is 3. The summed E-state index contributed by atoms with van der Waals surface area (Å²) in [6.07, 6.45) is 1.80. The second-order valence-corrected chi connectivity index (χ2v) is 5.92. The minimum Gasteiger partial charge on any atom is -0.378 e. The van der Waals surface area contributed by atoms with E-state index in [9.17, 15) is 4.79 Å². The summed E-state index contributed by atoms with van der Waals surface area (Å²) in [6, 6.07) is 11.5. The van der Waals surface area contributed by atoms with Crippen LogP contribution in [0, 0.1) is 0 Å². The number of fused-ring (bicyclic) bond motifs is 1. The number of rotatable bonds is 4. The second kappa shape index (κ2) is 6.90. The third kappa shape index (κ3) is 3.32. The van der Waals surface area contributed by atoms with Gasteiger partial charge in [0.1, 0.15) is 5.82 Å². The van der Waals surface area contributed by atoms with Gasteiger partial charge in [-0.15, -0.1) is 0 Å². The molecule has 4 rings (SSSR count). The van der Waals surface area contributed by atoms with Crippen molar-refractivity contribution in [3.63, 3.8) is 0 Å². The molecule has 2 aromatic heterocycles. The topological polar surface area (TPSA) is 83.1 Å². The second-order valence-electron chi connectivity index (χ2n) is 5.92. The predicted molar refractivity (Wildman–Crippen MR) is 94.5 cm³/mol. The normalized spacial score (nSPS) is 14.6. The van der Waals surface area contributed by atoms with Crippen LogP contribution in [0.3, 0.4) is 0 Å². The fourth-order valence-electron chi connectivity index (χ4n) is 2.90. The number of aromatic amines is 1. The van der Waals surface area contributed by atoms with Crippen LogP contribution in [0.5, 0.6) is 0 Å². The summed E-state index contributed by atoms with van der Waals surface area (Å²) >= 11 is 0. The number of aromatic nitrogens is 3. The molecule has 0 bridgehead atoms. The van der Waals surface area contributed by atoms with Crippen LogP contribution in [0.15, 0.2) is 42.6 Å². The molecule has 0 atom stereocenters. The molecule has 0 spiro atoms. The fourth-order valence-corrected chi connectivity index (χ4v) is 2.90. The van der Waals surface area contributed by atoms with Crippen molar-refractivity contribution in [2.75, 3.05) is 31.2 Å². The van der Waals surface area contributed by atoms with E-state index in [0.717, 1.165) is 48.6 Å². The summed E-state index contributed by atoms with van der Waals surface area (Å²) in [7, 11) is 0. The average Bonchev–Trinajstić information content (AvgIpc) is 3.11. The van der Waals surface area contributed by atoms with Gasteiger partial charge in [0, 0.05) is 31.2 Å². The molecule has 7 nitrogen and oxygen atoms in total. The molecule has 0 saturated carbocycles. The first-order valence-corrected chi connectivity index (χ1v) is 8.30. The smallest absolute Gasteiger partial charge is 0.272 e. The first-order chi connectivity index (χ1) is 12.3. The molecule has 1 aliphatic heterocycles. The molecule has 7 heteroatoms. The predicted octanol–water partition coefficient (Wildman–Crippen LogP) is 1.72. The highest BCUT2D eigenvalue weighted by Gasteiger charge is 2.14. The van der Waals surface area contributed by atoms with Gasteiger partial charge in [0.2, 0.25) is 0 Å². The Hall–Kier alpha value is -2.93. The Labute approximate surface area is 145 Å². The van der Waals surface area contributed by atoms with Gasteiger partial charge in [-0.2, -0.15) is 5.10 Å². The van der Waals surface area contributed by atoms with Crippen LogP contribution in [0.25, 0.3) is 10.9 Å². The summed E-state index contributed by atoms with van der Waals surface area (Å²) in [6.45, 7) is 3.59. The third-order valence-corrected chi connectivity index (χ3v) is 4.28. The van der Waals surface area contributed by atoms with Crippen LogP contribution in [-0.4, -0.2) is 47.4 Å². The minimum absolute atomic E-state index is 0.199. The SMILES string of the molecule is O=C(NCc1ccc(N2CCOCC2)nc1)c1n[nH]c2ccccc12. The minimum atomic E-state index is -0.199. The zero-order valence-electron chi connectivity index (χ0n) is 13.7. The molecule has 0 unspecified atom stereocenters. The van der Waals surface area contributed by atoms with Crippen LogP contribution in [0.1, 0.15) is 16.1 Å². The van der Waals surface area contributed by atoms with E-state index in [1.165, 1.54) is 0 Å². The first-order valence-electron chi connectivity index (χ1n) is 8.30. The molecule has 3 aromatic rings. The Balaban J connectivity index is 1.40. The van der Waals surface area contributed by atoms with Crippen molar-refractivity contribution in [1.82, 2.24) is 20.5 Å². The lowest BCUT2D eigenvalue weighted by atomic mass is 10.2. The maximum Gasteiger partial charge on any atom is 0.272 e. The van der Waals surface area contributed by atoms with Gasteiger partial charge in [0.25, 0.3) is 5.91 Å². The maximum absolute atomic E-state index is 12.4. The van der Waals surface area contributed by atoms with Crippen LogP contribution < -0.4 is 10.2 Å². The lowest BCUT2D eigenvalue weighted by Gasteiger charge is -2.27. The van der Waals surface area contributed by atoms with E-state index >= 15 is 0 Å². The Morgan fingerprint density at radius 2 is 2.04 bits per heavy atom. The van der Waals surface area contributed by atoms with Crippen LogP contribution >= 0.6 is 0 Å². The monoisotopic (exact) mass is 337 g/mol. The van der Waals surface area contributed by atoms with Crippen LogP contribution in [0.2, 0.25) is 0 Å². The van der Waals surface area contributed by atoms with Gasteiger partial charge in [-0.25, -0.2) is 4.98 Å². The molecular weight excluding hydrogens is 318 g/mol. The number of ether oxygens (including phenoxy) is 1. The van der Waals surface area contributed by atoms with Crippen molar-refractivity contribution < 1.29 is 9.53 Å². The van der Waals surface area contributed by atoms with Gasteiger partial charge in [-0.3, -0.25) is 9.89 Å². The van der Waals surface area contributed by atoms with E-state index in [4.69, 9.17) is 4.74 Å². The van der Waals surface area contributed by atoms with Gasteiger partial charge in [-0.05, 0) is 17.7 Å². The van der Waals surface area contributed by atoms with Crippen LogP contribution in [-0.2, 0) is 11.3 Å². The highest BCUT2D eigenvalue weighted by molar-refractivity contribution is 6.04. The van der Waals surface area contributed by atoms with Crippen molar-refractivity contribution in [3.05, 3.63) is 53.9 Å². The number of hydrogen-bond donors (Lipinski definition) is 2. The Morgan fingerprint density at radius 3 is 2.84 bits per heavy atom. The molecule has 0 aliphatic carbocycles.